The number of aliphatic hydroxyl groups is 1. The summed E-state index contributed by atoms with van der Waals surface area (Å²) in [5, 5.41) is 9.59. The van der Waals surface area contributed by atoms with Gasteiger partial charge < -0.3 is 10.8 Å². The second-order valence-electron chi connectivity index (χ2n) is 3.14. The lowest BCUT2D eigenvalue weighted by Crippen LogP contribution is -2.13. The van der Waals surface area contributed by atoms with Crippen LogP contribution >= 0.6 is 15.9 Å². The van der Waals surface area contributed by atoms with Gasteiger partial charge in [-0.1, -0.05) is 22.0 Å². The first-order valence-electron chi connectivity index (χ1n) is 4.21. The zero-order valence-corrected chi connectivity index (χ0v) is 9.43. The predicted molar refractivity (Wildman–Crippen MR) is 57.6 cm³/mol. The molecular weight excluding hydrogens is 230 g/mol. The summed E-state index contributed by atoms with van der Waals surface area (Å²) in [5.41, 5.74) is 8.58. The molecule has 0 bridgehead atoms. The van der Waals surface area contributed by atoms with Crippen molar-refractivity contribution in [1.29, 1.82) is 0 Å². The maximum absolute atomic E-state index is 9.59. The van der Waals surface area contributed by atoms with Gasteiger partial charge in [-0.2, -0.15) is 0 Å². The fourth-order valence-electron chi connectivity index (χ4n) is 1.30. The molecule has 0 unspecified atom stereocenters. The van der Waals surface area contributed by atoms with E-state index in [2.05, 4.69) is 15.9 Å². The molecule has 0 aliphatic rings. The maximum atomic E-state index is 9.59. The van der Waals surface area contributed by atoms with Gasteiger partial charge in [0.25, 0.3) is 0 Å². The molecule has 0 aliphatic heterocycles. The van der Waals surface area contributed by atoms with Crippen LogP contribution in [0.2, 0.25) is 0 Å². The second-order valence-corrected chi connectivity index (χ2v) is 3.99. The third kappa shape index (κ3) is 2.10. The molecule has 0 aromatic heterocycles. The van der Waals surface area contributed by atoms with Crippen LogP contribution in [0.5, 0.6) is 0 Å². The normalized spacial score (nSPS) is 13.0. The van der Waals surface area contributed by atoms with E-state index in [-0.39, 0.29) is 6.54 Å². The van der Waals surface area contributed by atoms with E-state index in [1.54, 1.807) is 0 Å². The molecule has 0 saturated carbocycles. The molecule has 0 heterocycles. The molecule has 3 N–H and O–H groups in total. The van der Waals surface area contributed by atoms with E-state index >= 15 is 0 Å². The summed E-state index contributed by atoms with van der Waals surface area (Å²) >= 11 is 3.44. The van der Waals surface area contributed by atoms with Crippen molar-refractivity contribution in [2.75, 3.05) is 6.54 Å². The summed E-state index contributed by atoms with van der Waals surface area (Å²) in [6, 6.07) is 3.85. The first-order chi connectivity index (χ1) is 6.07. The summed E-state index contributed by atoms with van der Waals surface area (Å²) < 4.78 is 1.07. The molecule has 3 heteroatoms. The lowest BCUT2D eigenvalue weighted by molar-refractivity contribution is 0.186. The molecular formula is C10H14BrNO. The number of rotatable bonds is 2. The van der Waals surface area contributed by atoms with Crippen LogP contribution in [0.4, 0.5) is 0 Å². The van der Waals surface area contributed by atoms with Gasteiger partial charge >= 0.3 is 0 Å². The molecule has 1 atom stereocenters. The lowest BCUT2D eigenvalue weighted by Gasteiger charge is -2.14. The van der Waals surface area contributed by atoms with Crippen molar-refractivity contribution in [3.05, 3.63) is 33.3 Å². The van der Waals surface area contributed by atoms with Gasteiger partial charge in [-0.25, -0.2) is 0 Å². The van der Waals surface area contributed by atoms with Crippen LogP contribution in [0, 0.1) is 13.8 Å². The number of benzene rings is 1. The van der Waals surface area contributed by atoms with Crippen molar-refractivity contribution >= 4 is 15.9 Å². The van der Waals surface area contributed by atoms with Crippen LogP contribution in [0.3, 0.4) is 0 Å². The molecule has 0 aliphatic carbocycles. The van der Waals surface area contributed by atoms with E-state index in [0.717, 1.165) is 21.2 Å². The molecule has 1 aromatic rings. The van der Waals surface area contributed by atoms with Crippen molar-refractivity contribution in [3.63, 3.8) is 0 Å². The van der Waals surface area contributed by atoms with Crippen molar-refractivity contribution in [2.45, 2.75) is 20.0 Å². The number of nitrogens with two attached hydrogens (primary N) is 1. The van der Waals surface area contributed by atoms with Gasteiger partial charge in [-0.05, 0) is 36.6 Å². The Kier molecular flexibility index (Phi) is 3.47. The molecule has 0 radical (unpaired) electrons. The highest BCUT2D eigenvalue weighted by Crippen LogP contribution is 2.25. The first-order valence-corrected chi connectivity index (χ1v) is 5.01. The van der Waals surface area contributed by atoms with Crippen LogP contribution in [0.15, 0.2) is 16.6 Å². The van der Waals surface area contributed by atoms with Crippen molar-refractivity contribution in [1.82, 2.24) is 0 Å². The van der Waals surface area contributed by atoms with E-state index < -0.39 is 6.10 Å². The van der Waals surface area contributed by atoms with Crippen molar-refractivity contribution in [2.24, 2.45) is 5.73 Å². The van der Waals surface area contributed by atoms with E-state index in [9.17, 15) is 5.11 Å². The van der Waals surface area contributed by atoms with Gasteiger partial charge in [0.05, 0.1) is 6.10 Å². The minimum Gasteiger partial charge on any atom is -0.387 e. The molecule has 72 valence electrons. The molecule has 0 saturated heterocycles. The number of hydrogen-bond acceptors (Lipinski definition) is 2. The topological polar surface area (TPSA) is 46.2 Å². The third-order valence-corrected chi connectivity index (χ3v) is 3.20. The molecule has 0 spiro atoms. The average molecular weight is 244 g/mol. The van der Waals surface area contributed by atoms with E-state index in [1.807, 2.05) is 26.0 Å². The fourth-order valence-corrected chi connectivity index (χ4v) is 1.73. The Hall–Kier alpha value is -0.380. The Morgan fingerprint density at radius 1 is 1.38 bits per heavy atom. The van der Waals surface area contributed by atoms with E-state index in [0.29, 0.717) is 0 Å². The summed E-state index contributed by atoms with van der Waals surface area (Å²) in [5.74, 6) is 0. The van der Waals surface area contributed by atoms with Gasteiger partial charge in [0.2, 0.25) is 0 Å². The smallest absolute Gasteiger partial charge is 0.0914 e. The molecule has 2 nitrogen and oxygen atoms in total. The minimum atomic E-state index is -0.549. The van der Waals surface area contributed by atoms with Crippen molar-refractivity contribution < 1.29 is 5.11 Å². The van der Waals surface area contributed by atoms with Crippen LogP contribution in [0.25, 0.3) is 0 Å². The molecule has 13 heavy (non-hydrogen) atoms. The Morgan fingerprint density at radius 3 is 2.54 bits per heavy atom. The highest BCUT2D eigenvalue weighted by atomic mass is 79.9. The van der Waals surface area contributed by atoms with Gasteiger partial charge in [0, 0.05) is 11.0 Å². The van der Waals surface area contributed by atoms with Crippen molar-refractivity contribution in [3.8, 4) is 0 Å². The van der Waals surface area contributed by atoms with E-state index in [1.165, 1.54) is 0 Å². The number of aliphatic hydroxyl groups excluding tert-OH is 1. The minimum absolute atomic E-state index is 0.266. The molecule has 0 amide bonds. The number of hydrogen-bond donors (Lipinski definition) is 2. The van der Waals surface area contributed by atoms with Crippen LogP contribution in [-0.2, 0) is 0 Å². The first kappa shape index (κ1) is 10.7. The highest BCUT2D eigenvalue weighted by Gasteiger charge is 2.10. The molecule has 1 rings (SSSR count). The maximum Gasteiger partial charge on any atom is 0.0914 e. The summed E-state index contributed by atoms with van der Waals surface area (Å²) in [6.45, 7) is 4.28. The molecule has 0 fully saturated rings. The SMILES string of the molecule is Cc1c(Br)ccc([C@@H](O)CN)c1C. The van der Waals surface area contributed by atoms with Gasteiger partial charge in [0.1, 0.15) is 0 Å². The Labute approximate surface area is 86.9 Å². The Balaban J connectivity index is 3.18. The average Bonchev–Trinajstić information content (AvgIpc) is 2.13. The number of halogens is 1. The van der Waals surface area contributed by atoms with Gasteiger partial charge in [0.15, 0.2) is 0 Å². The predicted octanol–water partition coefficient (Wildman–Crippen LogP) is 2.06. The summed E-state index contributed by atoms with van der Waals surface area (Å²) in [4.78, 5) is 0. The summed E-state index contributed by atoms with van der Waals surface area (Å²) in [7, 11) is 0. The zero-order chi connectivity index (χ0) is 10.0. The zero-order valence-electron chi connectivity index (χ0n) is 7.84. The van der Waals surface area contributed by atoms with Gasteiger partial charge in [-0.3, -0.25) is 0 Å². The van der Waals surface area contributed by atoms with Crippen LogP contribution in [0.1, 0.15) is 22.8 Å². The fraction of sp³-hybridized carbons (Fsp3) is 0.400. The quantitative estimate of drug-likeness (QED) is 0.836. The monoisotopic (exact) mass is 243 g/mol. The third-order valence-electron chi connectivity index (χ3n) is 2.35. The Bertz CT molecular complexity index is 312. The highest BCUT2D eigenvalue weighted by molar-refractivity contribution is 9.10. The Morgan fingerprint density at radius 2 is 2.00 bits per heavy atom. The van der Waals surface area contributed by atoms with E-state index in [4.69, 9.17) is 5.73 Å². The van der Waals surface area contributed by atoms with Gasteiger partial charge in [-0.15, -0.1) is 0 Å². The standard InChI is InChI=1S/C10H14BrNO/c1-6-7(2)9(11)4-3-8(6)10(13)5-12/h3-4,10,13H,5,12H2,1-2H3/t10-/m0/s1. The second kappa shape index (κ2) is 4.22. The van der Waals surface area contributed by atoms with Crippen LogP contribution < -0.4 is 5.73 Å². The lowest BCUT2D eigenvalue weighted by atomic mass is 9.99. The molecule has 1 aromatic carbocycles. The largest absolute Gasteiger partial charge is 0.387 e. The summed E-state index contributed by atoms with van der Waals surface area (Å²) in [6.07, 6.45) is -0.549. The van der Waals surface area contributed by atoms with Crippen LogP contribution in [-0.4, -0.2) is 11.7 Å².